The first-order valence-corrected chi connectivity index (χ1v) is 25.7. The highest BCUT2D eigenvalue weighted by molar-refractivity contribution is 5.30. The Morgan fingerprint density at radius 2 is 1.19 bits per heavy atom. The van der Waals surface area contributed by atoms with Gasteiger partial charge in [-0.05, 0) is 124 Å². The molecule has 0 aromatic rings. The van der Waals surface area contributed by atoms with Crippen molar-refractivity contribution in [1.82, 2.24) is 5.32 Å². The first kappa shape index (κ1) is 71.9. The Kier molecular flexibility index (Phi) is 57.9. The van der Waals surface area contributed by atoms with E-state index in [1.165, 1.54) is 88.2 Å². The second-order valence-corrected chi connectivity index (χ2v) is 17.3. The van der Waals surface area contributed by atoms with Crippen LogP contribution in [-0.2, 0) is 0 Å². The lowest BCUT2D eigenvalue weighted by molar-refractivity contribution is 0.134. The minimum Gasteiger partial charge on any atom is -0.384 e. The molecular weight excluding hydrogens is 713 g/mol. The van der Waals surface area contributed by atoms with Crippen molar-refractivity contribution in [1.29, 1.82) is 0 Å². The van der Waals surface area contributed by atoms with Gasteiger partial charge in [0.1, 0.15) is 0 Å². The lowest BCUT2D eigenvalue weighted by atomic mass is 9.61. The third-order valence-electron chi connectivity index (χ3n) is 11.1. The normalized spacial score (nSPS) is 18.2. The molecule has 2 saturated carbocycles. The van der Waals surface area contributed by atoms with E-state index in [4.69, 9.17) is 12.3 Å². The Morgan fingerprint density at radius 1 is 0.746 bits per heavy atom. The van der Waals surface area contributed by atoms with Crippen molar-refractivity contribution in [3.8, 4) is 0 Å². The summed E-state index contributed by atoms with van der Waals surface area (Å²) >= 11 is 0. The van der Waals surface area contributed by atoms with E-state index in [0.29, 0.717) is 47.5 Å². The van der Waals surface area contributed by atoms with E-state index in [1.54, 1.807) is 0 Å². The summed E-state index contributed by atoms with van der Waals surface area (Å²) in [6.45, 7) is 71.6. The zero-order valence-electron chi connectivity index (χ0n) is 45.9. The first-order valence-electron chi connectivity index (χ1n) is 25.7. The van der Waals surface area contributed by atoms with Gasteiger partial charge in [-0.3, -0.25) is 0 Å². The van der Waals surface area contributed by atoms with Crippen molar-refractivity contribution in [2.24, 2.45) is 46.7 Å². The second-order valence-electron chi connectivity index (χ2n) is 17.3. The molecule has 2 nitrogen and oxygen atoms in total. The van der Waals surface area contributed by atoms with Gasteiger partial charge in [-0.15, -0.1) is 0 Å². The number of nitrogens with two attached hydrogens (primary N) is 1. The van der Waals surface area contributed by atoms with E-state index < -0.39 is 0 Å². The Labute approximate surface area is 379 Å². The minimum absolute atomic E-state index is 0.224. The van der Waals surface area contributed by atoms with Crippen LogP contribution in [0, 0.1) is 40.9 Å². The molecule has 0 aromatic carbocycles. The molecule has 2 aliphatic rings. The van der Waals surface area contributed by atoms with Crippen LogP contribution in [0.3, 0.4) is 0 Å². The van der Waals surface area contributed by atoms with Crippen LogP contribution in [0.15, 0.2) is 60.9 Å². The van der Waals surface area contributed by atoms with Gasteiger partial charge in [-0.1, -0.05) is 228 Å². The van der Waals surface area contributed by atoms with Crippen molar-refractivity contribution >= 4 is 0 Å². The Bertz CT molecular complexity index is 942. The molecular formula is C57H120N2. The SMILES string of the molecule is C=C(CC)NC(C)(C)CCC.C=C(CN)C(=C)C(CC(=C)C1CC(C(=C)C(C)C2(C)CCCCC2)CCC1C)CC(C)C.CC.CC.CC.CC.CC.CCC.CCC. The van der Waals surface area contributed by atoms with E-state index in [1.807, 2.05) is 69.2 Å². The molecule has 0 spiro atoms. The topological polar surface area (TPSA) is 38.0 Å². The molecule has 2 fully saturated rings. The molecule has 2 heteroatoms. The molecule has 0 aliphatic heterocycles. The Balaban J connectivity index is -0.000000165. The number of allylic oxidation sites excluding steroid dienone is 3. The van der Waals surface area contributed by atoms with Crippen LogP contribution in [0.4, 0.5) is 0 Å². The smallest absolute Gasteiger partial charge is 0.0314 e. The third kappa shape index (κ3) is 35.7. The Hall–Kier alpha value is -1.54. The van der Waals surface area contributed by atoms with E-state index >= 15 is 0 Å². The number of rotatable bonds is 16. The van der Waals surface area contributed by atoms with Crippen LogP contribution in [0.25, 0.3) is 0 Å². The predicted molar refractivity (Wildman–Crippen MR) is 284 cm³/mol. The van der Waals surface area contributed by atoms with Crippen LogP contribution in [0.5, 0.6) is 0 Å². The molecule has 2 aliphatic carbocycles. The van der Waals surface area contributed by atoms with E-state index in [2.05, 4.69) is 122 Å². The molecule has 59 heavy (non-hydrogen) atoms. The quantitative estimate of drug-likeness (QED) is 0.120. The monoisotopic (exact) mass is 833 g/mol. The summed E-state index contributed by atoms with van der Waals surface area (Å²) in [5.74, 6) is 3.60. The number of hydrogen-bond donors (Lipinski definition) is 2. The van der Waals surface area contributed by atoms with Crippen LogP contribution in [-0.4, -0.2) is 12.1 Å². The van der Waals surface area contributed by atoms with Crippen LogP contribution in [0.1, 0.15) is 256 Å². The largest absolute Gasteiger partial charge is 0.384 e. The lowest BCUT2D eigenvalue weighted by Gasteiger charge is -2.44. The first-order chi connectivity index (χ1) is 27.8. The molecule has 0 aromatic heterocycles. The third-order valence-corrected chi connectivity index (χ3v) is 11.1. The van der Waals surface area contributed by atoms with Crippen LogP contribution >= 0.6 is 0 Å². The summed E-state index contributed by atoms with van der Waals surface area (Å²) in [5.41, 5.74) is 12.8. The van der Waals surface area contributed by atoms with Crippen molar-refractivity contribution in [3.05, 3.63) is 60.9 Å². The molecule has 5 unspecified atom stereocenters. The average molecular weight is 834 g/mol. The maximum Gasteiger partial charge on any atom is 0.0314 e. The highest BCUT2D eigenvalue weighted by Crippen LogP contribution is 2.50. The van der Waals surface area contributed by atoms with Gasteiger partial charge in [-0.25, -0.2) is 0 Å². The maximum atomic E-state index is 5.90. The van der Waals surface area contributed by atoms with Gasteiger partial charge >= 0.3 is 0 Å². The summed E-state index contributed by atoms with van der Waals surface area (Å²) in [6, 6.07) is 0. The fraction of sp³-hybridized carbons (Fsp3) is 0.825. The second kappa shape index (κ2) is 47.5. The standard InChI is InChI=1S/C31H53N.C10H21N.2C3H8.5C2H6/c1-21(2)17-29(25(6)24(5)20-32)18-23(4)30-19-28(14-13-22(30)3)26(7)27(8)31(9)15-11-10-12-16-31;1-6-8-10(4,5)11-9(3)7-2;2*1-3-2;5*1-2/h21-22,27-30H,4-7,10-20,32H2,1-3,8-9H3;11H,3,6-8H2,1-2,4-5H3;2*3H2,1-2H3;5*1-2H3. The highest BCUT2D eigenvalue weighted by atomic mass is 15.0. The molecule has 0 saturated heterocycles. The van der Waals surface area contributed by atoms with Gasteiger partial charge in [0.25, 0.3) is 0 Å². The summed E-state index contributed by atoms with van der Waals surface area (Å²) in [6.07, 6.45) is 18.9. The van der Waals surface area contributed by atoms with Gasteiger partial charge in [0.15, 0.2) is 0 Å². The summed E-state index contributed by atoms with van der Waals surface area (Å²) in [7, 11) is 0. The molecule has 0 bridgehead atoms. The van der Waals surface area contributed by atoms with E-state index in [9.17, 15) is 0 Å². The van der Waals surface area contributed by atoms with E-state index in [0.717, 1.165) is 36.1 Å². The fourth-order valence-corrected chi connectivity index (χ4v) is 7.88. The van der Waals surface area contributed by atoms with Crippen molar-refractivity contribution in [3.63, 3.8) is 0 Å². The molecule has 3 N–H and O–H groups in total. The molecule has 0 amide bonds. The van der Waals surface area contributed by atoms with Crippen LogP contribution < -0.4 is 11.1 Å². The van der Waals surface area contributed by atoms with Crippen molar-refractivity contribution in [2.75, 3.05) is 6.54 Å². The zero-order chi connectivity index (χ0) is 48.4. The predicted octanol–water partition coefficient (Wildman–Crippen LogP) is 19.9. The molecule has 358 valence electrons. The van der Waals surface area contributed by atoms with E-state index in [-0.39, 0.29) is 5.54 Å². The van der Waals surface area contributed by atoms with Gasteiger partial charge in [0, 0.05) is 17.8 Å². The van der Waals surface area contributed by atoms with Crippen molar-refractivity contribution < 1.29 is 0 Å². The van der Waals surface area contributed by atoms with Crippen LogP contribution in [0.2, 0.25) is 0 Å². The number of hydrogen-bond acceptors (Lipinski definition) is 2. The highest BCUT2D eigenvalue weighted by Gasteiger charge is 2.39. The van der Waals surface area contributed by atoms with Gasteiger partial charge in [0.05, 0.1) is 0 Å². The summed E-state index contributed by atoms with van der Waals surface area (Å²) < 4.78 is 0. The molecule has 0 radical (unpaired) electrons. The minimum atomic E-state index is 0.224. The summed E-state index contributed by atoms with van der Waals surface area (Å²) in [4.78, 5) is 0. The maximum absolute atomic E-state index is 5.90. The van der Waals surface area contributed by atoms with Gasteiger partial charge in [-0.2, -0.15) is 0 Å². The Morgan fingerprint density at radius 3 is 1.56 bits per heavy atom. The fourth-order valence-electron chi connectivity index (χ4n) is 7.88. The molecule has 2 rings (SSSR count). The van der Waals surface area contributed by atoms with Gasteiger partial charge < -0.3 is 11.1 Å². The van der Waals surface area contributed by atoms with Gasteiger partial charge in [0.2, 0.25) is 0 Å². The lowest BCUT2D eigenvalue weighted by Crippen LogP contribution is -2.37. The molecule has 0 heterocycles. The average Bonchev–Trinajstić information content (AvgIpc) is 3.24. The summed E-state index contributed by atoms with van der Waals surface area (Å²) in [5, 5.41) is 3.41. The zero-order valence-corrected chi connectivity index (χ0v) is 45.9. The molecule has 5 atom stereocenters. The number of nitrogens with one attached hydrogen (secondary N) is 1. The van der Waals surface area contributed by atoms with Crippen molar-refractivity contribution in [2.45, 2.75) is 261 Å².